The summed E-state index contributed by atoms with van der Waals surface area (Å²) in [5.41, 5.74) is 6.56. The van der Waals surface area contributed by atoms with Crippen LogP contribution in [0.4, 0.5) is 0 Å². The van der Waals surface area contributed by atoms with Crippen molar-refractivity contribution in [1.29, 1.82) is 0 Å². The maximum absolute atomic E-state index is 12.2. The van der Waals surface area contributed by atoms with Gasteiger partial charge in [-0.25, -0.2) is 0 Å². The first-order valence-corrected chi connectivity index (χ1v) is 7.06. The molecule has 4 nitrogen and oxygen atoms in total. The van der Waals surface area contributed by atoms with Crippen LogP contribution in [0.3, 0.4) is 0 Å². The Morgan fingerprint density at radius 1 is 1.53 bits per heavy atom. The lowest BCUT2D eigenvalue weighted by Gasteiger charge is -2.36. The summed E-state index contributed by atoms with van der Waals surface area (Å²) in [5, 5.41) is 4.04. The minimum absolute atomic E-state index is 0.0673. The van der Waals surface area contributed by atoms with Gasteiger partial charge < -0.3 is 16.0 Å². The molecule has 1 atom stereocenters. The van der Waals surface area contributed by atoms with Gasteiger partial charge in [0.15, 0.2) is 0 Å². The molecule has 1 aliphatic heterocycles. The molecule has 1 saturated heterocycles. The zero-order valence-electron chi connectivity index (χ0n) is 10.9. The Morgan fingerprint density at radius 3 is 3.11 bits per heavy atom. The zero-order valence-corrected chi connectivity index (χ0v) is 11.7. The Balaban J connectivity index is 2.13. The van der Waals surface area contributed by atoms with E-state index < -0.39 is 0 Å². The Bertz CT molecular complexity index is 438. The van der Waals surface area contributed by atoms with E-state index in [-0.39, 0.29) is 11.9 Å². The molecule has 0 saturated carbocycles. The molecule has 0 bridgehead atoms. The van der Waals surface area contributed by atoms with Crippen LogP contribution in [0.25, 0.3) is 0 Å². The molecule has 104 valence electrons. The Hall–Kier alpha value is -1.10. The Kier molecular flexibility index (Phi) is 5.19. The number of carbonyl (C=O) groups excluding carboxylic acids is 1. The van der Waals surface area contributed by atoms with Crippen LogP contribution in [0, 0.1) is 0 Å². The number of piperazine rings is 1. The fourth-order valence-corrected chi connectivity index (χ4v) is 2.61. The Morgan fingerprint density at radius 2 is 2.37 bits per heavy atom. The summed E-state index contributed by atoms with van der Waals surface area (Å²) in [4.78, 5) is 14.2. The summed E-state index contributed by atoms with van der Waals surface area (Å²) >= 11 is 6.03. The highest BCUT2D eigenvalue weighted by Crippen LogP contribution is 2.25. The number of carbonyl (C=O) groups is 1. The number of benzene rings is 1. The largest absolute Gasteiger partial charge is 0.333 e. The first-order valence-electron chi connectivity index (χ1n) is 6.68. The first-order chi connectivity index (χ1) is 9.22. The molecule has 5 heteroatoms. The third kappa shape index (κ3) is 3.69. The van der Waals surface area contributed by atoms with Crippen molar-refractivity contribution >= 4 is 17.5 Å². The number of rotatable bonds is 4. The van der Waals surface area contributed by atoms with Gasteiger partial charge in [0.25, 0.3) is 0 Å². The van der Waals surface area contributed by atoms with E-state index in [1.165, 1.54) is 0 Å². The summed E-state index contributed by atoms with van der Waals surface area (Å²) in [6.07, 6.45) is 1.26. The number of nitrogens with two attached hydrogens (primary N) is 1. The standard InChI is InChI=1S/C14H20ClN3O/c15-12-4-1-3-11(9-12)13-10-17-7-8-18(13)14(19)5-2-6-16/h1,3-4,9,13,17H,2,5-8,10,16H2. The van der Waals surface area contributed by atoms with Gasteiger partial charge in [-0.3, -0.25) is 4.79 Å². The van der Waals surface area contributed by atoms with Crippen LogP contribution in [0.1, 0.15) is 24.4 Å². The predicted molar refractivity (Wildman–Crippen MR) is 77.1 cm³/mol. The van der Waals surface area contributed by atoms with Crippen LogP contribution < -0.4 is 11.1 Å². The van der Waals surface area contributed by atoms with Crippen molar-refractivity contribution < 1.29 is 4.79 Å². The van der Waals surface area contributed by atoms with E-state index in [0.717, 1.165) is 31.6 Å². The van der Waals surface area contributed by atoms with E-state index in [9.17, 15) is 4.79 Å². The lowest BCUT2D eigenvalue weighted by molar-refractivity contribution is -0.134. The monoisotopic (exact) mass is 281 g/mol. The number of hydrogen-bond acceptors (Lipinski definition) is 3. The highest BCUT2D eigenvalue weighted by Gasteiger charge is 2.27. The van der Waals surface area contributed by atoms with Crippen LogP contribution >= 0.6 is 11.6 Å². The molecule has 0 aromatic heterocycles. The van der Waals surface area contributed by atoms with Crippen molar-refractivity contribution in [2.24, 2.45) is 5.73 Å². The van der Waals surface area contributed by atoms with Crippen LogP contribution in [0.15, 0.2) is 24.3 Å². The van der Waals surface area contributed by atoms with E-state index in [4.69, 9.17) is 17.3 Å². The number of halogens is 1. The number of hydrogen-bond donors (Lipinski definition) is 2. The molecule has 0 radical (unpaired) electrons. The summed E-state index contributed by atoms with van der Waals surface area (Å²) in [6.45, 7) is 2.90. The lowest BCUT2D eigenvalue weighted by atomic mass is 10.0. The van der Waals surface area contributed by atoms with E-state index in [2.05, 4.69) is 5.32 Å². The molecule has 2 rings (SSSR count). The van der Waals surface area contributed by atoms with Crippen molar-refractivity contribution in [3.05, 3.63) is 34.9 Å². The van der Waals surface area contributed by atoms with Gasteiger partial charge in [0.1, 0.15) is 0 Å². The van der Waals surface area contributed by atoms with Gasteiger partial charge in [0.05, 0.1) is 6.04 Å². The van der Waals surface area contributed by atoms with Crippen LogP contribution in [0.5, 0.6) is 0 Å². The highest BCUT2D eigenvalue weighted by atomic mass is 35.5. The van der Waals surface area contributed by atoms with Crippen LogP contribution in [-0.2, 0) is 4.79 Å². The second-order valence-electron chi connectivity index (χ2n) is 4.75. The number of amides is 1. The molecule has 1 fully saturated rings. The fourth-order valence-electron chi connectivity index (χ4n) is 2.41. The summed E-state index contributed by atoms with van der Waals surface area (Å²) in [5.74, 6) is 0.178. The van der Waals surface area contributed by atoms with E-state index >= 15 is 0 Å². The quantitative estimate of drug-likeness (QED) is 0.880. The molecule has 0 aliphatic carbocycles. The van der Waals surface area contributed by atoms with Gasteiger partial charge in [0.2, 0.25) is 5.91 Å². The smallest absolute Gasteiger partial charge is 0.223 e. The van der Waals surface area contributed by atoms with E-state index in [1.807, 2.05) is 29.2 Å². The summed E-state index contributed by atoms with van der Waals surface area (Å²) < 4.78 is 0. The third-order valence-corrected chi connectivity index (χ3v) is 3.63. The van der Waals surface area contributed by atoms with Crippen LogP contribution in [0.2, 0.25) is 5.02 Å². The normalized spacial score (nSPS) is 19.5. The van der Waals surface area contributed by atoms with Gasteiger partial charge >= 0.3 is 0 Å². The molecule has 19 heavy (non-hydrogen) atoms. The molecule has 1 unspecified atom stereocenters. The van der Waals surface area contributed by atoms with Crippen molar-refractivity contribution in [2.45, 2.75) is 18.9 Å². The third-order valence-electron chi connectivity index (χ3n) is 3.39. The summed E-state index contributed by atoms with van der Waals surface area (Å²) in [7, 11) is 0. The second kappa shape index (κ2) is 6.89. The van der Waals surface area contributed by atoms with Crippen molar-refractivity contribution in [2.75, 3.05) is 26.2 Å². The topological polar surface area (TPSA) is 58.4 Å². The maximum atomic E-state index is 12.2. The van der Waals surface area contributed by atoms with Crippen molar-refractivity contribution in [3.63, 3.8) is 0 Å². The molecule has 1 amide bonds. The SMILES string of the molecule is NCCCC(=O)N1CCNCC1c1cccc(Cl)c1. The van der Waals surface area contributed by atoms with Gasteiger partial charge in [-0.05, 0) is 30.7 Å². The molecular weight excluding hydrogens is 262 g/mol. The van der Waals surface area contributed by atoms with Gasteiger partial charge in [-0.2, -0.15) is 0 Å². The molecule has 3 N–H and O–H groups in total. The predicted octanol–water partition coefficient (Wildman–Crippen LogP) is 1.55. The van der Waals surface area contributed by atoms with Crippen molar-refractivity contribution in [3.8, 4) is 0 Å². The molecule has 1 aromatic rings. The molecule has 0 spiro atoms. The fraction of sp³-hybridized carbons (Fsp3) is 0.500. The second-order valence-corrected chi connectivity index (χ2v) is 5.19. The average molecular weight is 282 g/mol. The first kappa shape index (κ1) is 14.3. The maximum Gasteiger partial charge on any atom is 0.223 e. The van der Waals surface area contributed by atoms with E-state index in [1.54, 1.807) is 0 Å². The molecule has 1 aliphatic rings. The molecular formula is C14H20ClN3O. The zero-order chi connectivity index (χ0) is 13.7. The minimum atomic E-state index is 0.0673. The molecule has 1 heterocycles. The number of nitrogens with zero attached hydrogens (tertiary/aromatic N) is 1. The van der Waals surface area contributed by atoms with Gasteiger partial charge in [-0.1, -0.05) is 23.7 Å². The van der Waals surface area contributed by atoms with Crippen molar-refractivity contribution in [1.82, 2.24) is 10.2 Å². The molecule has 1 aromatic carbocycles. The van der Waals surface area contributed by atoms with E-state index in [0.29, 0.717) is 18.0 Å². The average Bonchev–Trinajstić information content (AvgIpc) is 2.45. The Labute approximate surface area is 118 Å². The highest BCUT2D eigenvalue weighted by molar-refractivity contribution is 6.30. The van der Waals surface area contributed by atoms with Gasteiger partial charge in [0, 0.05) is 31.1 Å². The number of nitrogens with one attached hydrogen (secondary N) is 1. The van der Waals surface area contributed by atoms with Crippen LogP contribution in [-0.4, -0.2) is 37.0 Å². The summed E-state index contributed by atoms with van der Waals surface area (Å²) in [6, 6.07) is 7.80. The van der Waals surface area contributed by atoms with Gasteiger partial charge in [-0.15, -0.1) is 0 Å². The minimum Gasteiger partial charge on any atom is -0.333 e. The lowest BCUT2D eigenvalue weighted by Crippen LogP contribution is -2.48.